The van der Waals surface area contributed by atoms with E-state index in [1.165, 1.54) is 6.07 Å². The van der Waals surface area contributed by atoms with Crippen LogP contribution in [0.3, 0.4) is 0 Å². The van der Waals surface area contributed by atoms with E-state index < -0.39 is 5.97 Å². The molecule has 78 valence electrons. The van der Waals surface area contributed by atoms with Gasteiger partial charge in [-0.25, -0.2) is 0 Å². The molecule has 0 radical (unpaired) electrons. The van der Waals surface area contributed by atoms with E-state index in [0.717, 1.165) is 0 Å². The van der Waals surface area contributed by atoms with Crippen LogP contribution in [-0.4, -0.2) is 11.1 Å². The van der Waals surface area contributed by atoms with Crippen LogP contribution in [-0.2, 0) is 17.1 Å². The van der Waals surface area contributed by atoms with Crippen molar-refractivity contribution in [2.24, 2.45) is 0 Å². The number of alkyl halides is 1. The summed E-state index contributed by atoms with van der Waals surface area (Å²) in [6.07, 6.45) is -0.145. The largest absolute Gasteiger partial charge is 0.481 e. The molecule has 15 heavy (non-hydrogen) atoms. The number of rotatable bonds is 3. The Balaban J connectivity index is 3.25. The topological polar surface area (TPSA) is 61.1 Å². The Morgan fingerprint density at radius 2 is 2.20 bits per heavy atom. The van der Waals surface area contributed by atoms with E-state index in [4.69, 9.17) is 33.6 Å². The van der Waals surface area contributed by atoms with E-state index in [2.05, 4.69) is 0 Å². The van der Waals surface area contributed by atoms with E-state index >= 15 is 0 Å². The lowest BCUT2D eigenvalue weighted by atomic mass is 10.0. The minimum absolute atomic E-state index is 0.0942. The van der Waals surface area contributed by atoms with E-state index in [1.807, 2.05) is 6.07 Å². The van der Waals surface area contributed by atoms with Gasteiger partial charge in [-0.05, 0) is 17.2 Å². The first-order valence-electron chi connectivity index (χ1n) is 4.08. The Morgan fingerprint density at radius 1 is 1.53 bits per heavy atom. The normalized spacial score (nSPS) is 9.67. The predicted octanol–water partition coefficient (Wildman–Crippen LogP) is 2.58. The third-order valence-electron chi connectivity index (χ3n) is 1.94. The molecule has 0 atom stereocenters. The van der Waals surface area contributed by atoms with Gasteiger partial charge in [0, 0.05) is 5.88 Å². The van der Waals surface area contributed by atoms with Crippen molar-refractivity contribution in [1.82, 2.24) is 0 Å². The first-order valence-corrected chi connectivity index (χ1v) is 4.99. The maximum atomic E-state index is 10.6. The molecule has 1 aromatic carbocycles. The minimum Gasteiger partial charge on any atom is -0.481 e. The molecule has 0 saturated carbocycles. The average molecular weight is 244 g/mol. The van der Waals surface area contributed by atoms with Crippen LogP contribution in [0, 0.1) is 11.3 Å². The van der Waals surface area contributed by atoms with Crippen molar-refractivity contribution in [1.29, 1.82) is 5.26 Å². The number of hydrogen-bond donors (Lipinski definition) is 1. The number of benzene rings is 1. The average Bonchev–Trinajstić information content (AvgIpc) is 2.18. The zero-order chi connectivity index (χ0) is 11.4. The monoisotopic (exact) mass is 243 g/mol. The summed E-state index contributed by atoms with van der Waals surface area (Å²) in [7, 11) is 0. The first-order chi connectivity index (χ1) is 7.10. The highest BCUT2D eigenvalue weighted by atomic mass is 35.5. The summed E-state index contributed by atoms with van der Waals surface area (Å²) >= 11 is 11.6. The number of hydrogen-bond acceptors (Lipinski definition) is 2. The van der Waals surface area contributed by atoms with Crippen LogP contribution in [0.2, 0.25) is 5.02 Å². The van der Waals surface area contributed by atoms with Crippen molar-refractivity contribution in [2.75, 3.05) is 0 Å². The third kappa shape index (κ3) is 2.62. The molecule has 0 heterocycles. The Labute approximate surface area is 96.8 Å². The van der Waals surface area contributed by atoms with Gasteiger partial charge < -0.3 is 5.11 Å². The van der Waals surface area contributed by atoms with E-state index in [1.54, 1.807) is 6.07 Å². The predicted molar refractivity (Wildman–Crippen MR) is 57.1 cm³/mol. The van der Waals surface area contributed by atoms with Crippen molar-refractivity contribution in [3.8, 4) is 6.07 Å². The van der Waals surface area contributed by atoms with Gasteiger partial charge in [-0.15, -0.1) is 11.6 Å². The number of carbonyl (C=O) groups is 1. The molecule has 0 aliphatic rings. The maximum Gasteiger partial charge on any atom is 0.307 e. The van der Waals surface area contributed by atoms with Gasteiger partial charge in [-0.3, -0.25) is 4.79 Å². The standard InChI is InChI=1S/C10H7Cl2NO2/c11-4-8-6(3-9(14)15)1-2-7(5-13)10(8)12/h1-2H,3-4H2,(H,14,15). The van der Waals surface area contributed by atoms with E-state index in [-0.39, 0.29) is 17.3 Å². The zero-order valence-corrected chi connectivity index (χ0v) is 9.14. The lowest BCUT2D eigenvalue weighted by molar-refractivity contribution is -0.136. The number of aliphatic carboxylic acids is 1. The molecule has 0 saturated heterocycles. The van der Waals surface area contributed by atoms with Crippen molar-refractivity contribution in [3.63, 3.8) is 0 Å². The molecular weight excluding hydrogens is 237 g/mol. The summed E-state index contributed by atoms with van der Waals surface area (Å²) in [5.41, 5.74) is 1.36. The summed E-state index contributed by atoms with van der Waals surface area (Å²) in [6, 6.07) is 4.97. The van der Waals surface area contributed by atoms with E-state index in [9.17, 15) is 4.79 Å². The molecule has 1 N–H and O–H groups in total. The van der Waals surface area contributed by atoms with Gasteiger partial charge in [0.05, 0.1) is 17.0 Å². The second-order valence-corrected chi connectivity index (χ2v) is 3.53. The maximum absolute atomic E-state index is 10.6. The molecular formula is C10H7Cl2NO2. The third-order valence-corrected chi connectivity index (χ3v) is 2.63. The van der Waals surface area contributed by atoms with Crippen LogP contribution < -0.4 is 0 Å². The number of carboxylic acids is 1. The lowest BCUT2D eigenvalue weighted by Crippen LogP contribution is -2.04. The molecule has 0 bridgehead atoms. The highest BCUT2D eigenvalue weighted by Gasteiger charge is 2.12. The van der Waals surface area contributed by atoms with Crippen molar-refractivity contribution < 1.29 is 9.90 Å². The minimum atomic E-state index is -0.956. The molecule has 0 aliphatic heterocycles. The van der Waals surface area contributed by atoms with Crippen LogP contribution in [0.4, 0.5) is 0 Å². The van der Waals surface area contributed by atoms with Gasteiger partial charge >= 0.3 is 5.97 Å². The molecule has 0 aliphatic carbocycles. The molecule has 1 rings (SSSR count). The van der Waals surface area contributed by atoms with Gasteiger partial charge in [0.2, 0.25) is 0 Å². The lowest BCUT2D eigenvalue weighted by Gasteiger charge is -2.07. The molecule has 0 fully saturated rings. The fourth-order valence-corrected chi connectivity index (χ4v) is 1.89. The van der Waals surface area contributed by atoms with Crippen molar-refractivity contribution >= 4 is 29.2 Å². The summed E-state index contributed by atoms with van der Waals surface area (Å²) in [5.74, 6) is -0.862. The second-order valence-electron chi connectivity index (χ2n) is 2.88. The second kappa shape index (κ2) is 5.01. The first kappa shape index (κ1) is 11.8. The molecule has 0 spiro atoms. The summed E-state index contributed by atoms with van der Waals surface area (Å²) < 4.78 is 0. The fourth-order valence-electron chi connectivity index (χ4n) is 1.22. The van der Waals surface area contributed by atoms with Gasteiger partial charge in [0.1, 0.15) is 6.07 Å². The number of halogens is 2. The van der Waals surface area contributed by atoms with Crippen molar-refractivity contribution in [2.45, 2.75) is 12.3 Å². The van der Waals surface area contributed by atoms with Gasteiger partial charge in [0.15, 0.2) is 0 Å². The van der Waals surface area contributed by atoms with Crippen LogP contribution in [0.1, 0.15) is 16.7 Å². The van der Waals surface area contributed by atoms with Gasteiger partial charge in [-0.2, -0.15) is 5.26 Å². The Bertz CT molecular complexity index is 438. The SMILES string of the molecule is N#Cc1ccc(CC(=O)O)c(CCl)c1Cl. The number of carboxylic acid groups (broad SMARTS) is 1. The summed E-state index contributed by atoms with van der Waals surface area (Å²) in [5, 5.41) is 17.6. The van der Waals surface area contributed by atoms with Gasteiger partial charge in [0.25, 0.3) is 0 Å². The molecule has 1 aromatic rings. The smallest absolute Gasteiger partial charge is 0.307 e. The van der Waals surface area contributed by atoms with Crippen LogP contribution in [0.5, 0.6) is 0 Å². The molecule has 0 unspecified atom stereocenters. The van der Waals surface area contributed by atoms with E-state index in [0.29, 0.717) is 16.7 Å². The van der Waals surface area contributed by atoms with Crippen molar-refractivity contribution in [3.05, 3.63) is 33.8 Å². The summed E-state index contributed by atoms with van der Waals surface area (Å²) in [6.45, 7) is 0. The highest BCUT2D eigenvalue weighted by molar-refractivity contribution is 6.33. The molecule has 0 amide bonds. The van der Waals surface area contributed by atoms with Crippen LogP contribution >= 0.6 is 23.2 Å². The Morgan fingerprint density at radius 3 is 2.67 bits per heavy atom. The Kier molecular flexibility index (Phi) is 3.96. The zero-order valence-electron chi connectivity index (χ0n) is 7.63. The highest BCUT2D eigenvalue weighted by Crippen LogP contribution is 2.26. The Hall–Kier alpha value is -1.24. The van der Waals surface area contributed by atoms with Crippen LogP contribution in [0.15, 0.2) is 12.1 Å². The molecule has 3 nitrogen and oxygen atoms in total. The summed E-state index contributed by atoms with van der Waals surface area (Å²) in [4.78, 5) is 10.6. The number of nitriles is 1. The number of nitrogens with zero attached hydrogens (tertiary/aromatic N) is 1. The molecule has 5 heteroatoms. The molecule has 0 aromatic heterocycles. The quantitative estimate of drug-likeness (QED) is 0.831. The van der Waals surface area contributed by atoms with Gasteiger partial charge in [-0.1, -0.05) is 17.7 Å². The van der Waals surface area contributed by atoms with Crippen LogP contribution in [0.25, 0.3) is 0 Å². The fraction of sp³-hybridized carbons (Fsp3) is 0.200.